The Balaban J connectivity index is 2.16. The fraction of sp³-hybridized carbons (Fsp3) is 0.455. The van der Waals surface area contributed by atoms with Crippen molar-refractivity contribution < 1.29 is 9.50 Å². The number of hydrogen-bond donors (Lipinski definition) is 2. The summed E-state index contributed by atoms with van der Waals surface area (Å²) in [5, 5.41) is 12.1. The van der Waals surface area contributed by atoms with Gasteiger partial charge in [-0.1, -0.05) is 12.1 Å². The Bertz CT molecular complexity index is 299. The van der Waals surface area contributed by atoms with Gasteiger partial charge >= 0.3 is 0 Å². The van der Waals surface area contributed by atoms with Crippen molar-refractivity contribution in [2.75, 3.05) is 13.1 Å². The second-order valence-electron chi connectivity index (χ2n) is 3.71. The summed E-state index contributed by atoms with van der Waals surface area (Å²) in [4.78, 5) is 0. The van der Waals surface area contributed by atoms with Gasteiger partial charge in [0.1, 0.15) is 11.9 Å². The molecule has 0 amide bonds. The monoisotopic (exact) mass is 195 g/mol. The number of alkyl halides is 1. The lowest BCUT2D eigenvalue weighted by Crippen LogP contribution is -2.36. The van der Waals surface area contributed by atoms with Crippen LogP contribution in [0.25, 0.3) is 0 Å². The van der Waals surface area contributed by atoms with E-state index in [1.165, 1.54) is 0 Å². The molecule has 14 heavy (non-hydrogen) atoms. The summed E-state index contributed by atoms with van der Waals surface area (Å²) in [5.41, 5.74) is 0.983. The van der Waals surface area contributed by atoms with Gasteiger partial charge < -0.3 is 10.4 Å². The van der Waals surface area contributed by atoms with E-state index < -0.39 is 6.17 Å². The second kappa shape index (κ2) is 3.96. The van der Waals surface area contributed by atoms with Crippen LogP contribution in [0.4, 0.5) is 4.39 Å². The third-order valence-corrected chi connectivity index (χ3v) is 2.73. The zero-order chi connectivity index (χ0) is 9.97. The Morgan fingerprint density at radius 1 is 1.29 bits per heavy atom. The fourth-order valence-electron chi connectivity index (χ4n) is 1.92. The van der Waals surface area contributed by atoms with Crippen LogP contribution in [0.5, 0.6) is 5.75 Å². The first-order valence-corrected chi connectivity index (χ1v) is 4.91. The van der Waals surface area contributed by atoms with Gasteiger partial charge in [-0.05, 0) is 30.7 Å². The predicted molar refractivity (Wildman–Crippen MR) is 53.2 cm³/mol. The van der Waals surface area contributed by atoms with Crippen molar-refractivity contribution in [1.82, 2.24) is 5.32 Å². The van der Waals surface area contributed by atoms with Gasteiger partial charge in [0.25, 0.3) is 0 Å². The Kier molecular flexibility index (Phi) is 2.68. The first-order chi connectivity index (χ1) is 6.77. The molecular weight excluding hydrogens is 181 g/mol. The molecule has 0 radical (unpaired) electrons. The van der Waals surface area contributed by atoms with Gasteiger partial charge in [-0.15, -0.1) is 0 Å². The van der Waals surface area contributed by atoms with Crippen molar-refractivity contribution in [3.63, 3.8) is 0 Å². The molecule has 0 aromatic heterocycles. The Morgan fingerprint density at radius 2 is 2.00 bits per heavy atom. The molecule has 0 aliphatic carbocycles. The minimum atomic E-state index is -0.812. The molecule has 1 aromatic carbocycles. The van der Waals surface area contributed by atoms with E-state index >= 15 is 0 Å². The van der Waals surface area contributed by atoms with Crippen LogP contribution < -0.4 is 5.32 Å². The average molecular weight is 195 g/mol. The minimum Gasteiger partial charge on any atom is -0.508 e. The van der Waals surface area contributed by atoms with Gasteiger partial charge in [-0.2, -0.15) is 0 Å². The smallest absolute Gasteiger partial charge is 0.119 e. The van der Waals surface area contributed by atoms with E-state index in [4.69, 9.17) is 5.11 Å². The van der Waals surface area contributed by atoms with Crippen LogP contribution in [0.2, 0.25) is 0 Å². The number of hydrogen-bond acceptors (Lipinski definition) is 2. The molecule has 0 spiro atoms. The summed E-state index contributed by atoms with van der Waals surface area (Å²) >= 11 is 0. The molecule has 0 unspecified atom stereocenters. The van der Waals surface area contributed by atoms with E-state index in [0.717, 1.165) is 18.5 Å². The van der Waals surface area contributed by atoms with Crippen molar-refractivity contribution in [2.24, 2.45) is 0 Å². The van der Waals surface area contributed by atoms with E-state index in [0.29, 0.717) is 6.54 Å². The van der Waals surface area contributed by atoms with Gasteiger partial charge in [-0.3, -0.25) is 0 Å². The Labute approximate surface area is 82.8 Å². The van der Waals surface area contributed by atoms with Crippen LogP contribution in [-0.2, 0) is 0 Å². The van der Waals surface area contributed by atoms with Crippen LogP contribution in [0.3, 0.4) is 0 Å². The molecule has 1 aromatic rings. The number of benzene rings is 1. The van der Waals surface area contributed by atoms with E-state index in [1.807, 2.05) is 0 Å². The molecule has 2 N–H and O–H groups in total. The largest absolute Gasteiger partial charge is 0.508 e. The van der Waals surface area contributed by atoms with Crippen LogP contribution in [-0.4, -0.2) is 24.4 Å². The summed E-state index contributed by atoms with van der Waals surface area (Å²) in [5.74, 6) is 0.218. The predicted octanol–water partition coefficient (Wildman–Crippen LogP) is 1.81. The Morgan fingerprint density at radius 3 is 2.64 bits per heavy atom. The summed E-state index contributed by atoms with van der Waals surface area (Å²) in [6.07, 6.45) is 0.0136. The summed E-state index contributed by atoms with van der Waals surface area (Å²) < 4.78 is 13.5. The average Bonchev–Trinajstić information content (AvgIpc) is 2.20. The number of phenolic OH excluding ortho intramolecular Hbond substituents is 1. The van der Waals surface area contributed by atoms with Crippen LogP contribution in [0.15, 0.2) is 24.3 Å². The standard InChI is InChI=1S/C11H14FNO/c12-11-7-13-6-5-10(11)8-1-3-9(14)4-2-8/h1-4,10-11,13-14H,5-7H2/t10-,11+/m1/s1. The van der Waals surface area contributed by atoms with Gasteiger partial charge in [-0.25, -0.2) is 4.39 Å². The topological polar surface area (TPSA) is 32.3 Å². The minimum absolute atomic E-state index is 0.0168. The number of halogens is 1. The number of aromatic hydroxyl groups is 1. The van der Waals surface area contributed by atoms with Crippen molar-refractivity contribution in [3.8, 4) is 5.75 Å². The van der Waals surface area contributed by atoms with Gasteiger partial charge in [0.2, 0.25) is 0 Å². The van der Waals surface area contributed by atoms with E-state index in [1.54, 1.807) is 24.3 Å². The van der Waals surface area contributed by atoms with Gasteiger partial charge in [0.05, 0.1) is 0 Å². The lowest BCUT2D eigenvalue weighted by Gasteiger charge is -2.26. The first-order valence-electron chi connectivity index (χ1n) is 4.91. The molecule has 1 aliphatic rings. The molecule has 1 fully saturated rings. The highest BCUT2D eigenvalue weighted by Gasteiger charge is 2.25. The quantitative estimate of drug-likeness (QED) is 0.716. The molecule has 76 valence electrons. The number of phenols is 1. The molecule has 1 saturated heterocycles. The fourth-order valence-corrected chi connectivity index (χ4v) is 1.92. The molecule has 2 rings (SSSR count). The maximum absolute atomic E-state index is 13.5. The van der Waals surface area contributed by atoms with Crippen LogP contribution >= 0.6 is 0 Å². The molecule has 3 heteroatoms. The molecule has 0 saturated carbocycles. The maximum atomic E-state index is 13.5. The zero-order valence-electron chi connectivity index (χ0n) is 7.91. The van der Waals surface area contributed by atoms with E-state index in [9.17, 15) is 4.39 Å². The third-order valence-electron chi connectivity index (χ3n) is 2.73. The Hall–Kier alpha value is -1.09. The van der Waals surface area contributed by atoms with Crippen molar-refractivity contribution >= 4 is 0 Å². The molecule has 2 nitrogen and oxygen atoms in total. The van der Waals surface area contributed by atoms with E-state index in [2.05, 4.69) is 5.32 Å². The highest BCUT2D eigenvalue weighted by atomic mass is 19.1. The van der Waals surface area contributed by atoms with Crippen molar-refractivity contribution in [1.29, 1.82) is 0 Å². The molecule has 1 heterocycles. The lowest BCUT2D eigenvalue weighted by molar-refractivity contribution is 0.231. The summed E-state index contributed by atoms with van der Waals surface area (Å²) in [7, 11) is 0. The van der Waals surface area contributed by atoms with Crippen molar-refractivity contribution in [2.45, 2.75) is 18.5 Å². The number of nitrogens with one attached hydrogen (secondary N) is 1. The molecular formula is C11H14FNO. The van der Waals surface area contributed by atoms with E-state index in [-0.39, 0.29) is 11.7 Å². The normalized spacial score (nSPS) is 27.5. The molecule has 1 aliphatic heterocycles. The lowest BCUT2D eigenvalue weighted by atomic mass is 9.89. The number of piperidine rings is 1. The SMILES string of the molecule is Oc1ccc([C@H]2CCNC[C@@H]2F)cc1. The van der Waals surface area contributed by atoms with Crippen LogP contribution in [0.1, 0.15) is 17.9 Å². The molecule has 2 atom stereocenters. The van der Waals surface area contributed by atoms with Gasteiger partial charge in [0.15, 0.2) is 0 Å². The zero-order valence-corrected chi connectivity index (χ0v) is 7.91. The summed E-state index contributed by atoms with van der Waals surface area (Å²) in [6, 6.07) is 6.84. The highest BCUT2D eigenvalue weighted by Crippen LogP contribution is 2.28. The van der Waals surface area contributed by atoms with Crippen molar-refractivity contribution in [3.05, 3.63) is 29.8 Å². The molecule has 0 bridgehead atoms. The first kappa shape index (κ1) is 9.46. The summed E-state index contributed by atoms with van der Waals surface area (Å²) in [6.45, 7) is 1.30. The maximum Gasteiger partial charge on any atom is 0.119 e. The highest BCUT2D eigenvalue weighted by molar-refractivity contribution is 5.29. The van der Waals surface area contributed by atoms with Crippen LogP contribution in [0, 0.1) is 0 Å². The van der Waals surface area contributed by atoms with Gasteiger partial charge in [0, 0.05) is 12.5 Å². The third kappa shape index (κ3) is 1.87. The number of rotatable bonds is 1. The second-order valence-corrected chi connectivity index (χ2v) is 3.71.